The number of halogens is 1. The molecular formula is C33H32ClN3O5S2. The molecule has 5 rings (SSSR count). The third-order valence-electron chi connectivity index (χ3n) is 6.93. The fourth-order valence-electron chi connectivity index (χ4n) is 4.68. The molecule has 0 radical (unpaired) electrons. The number of thioether (sulfide) groups is 1. The first kappa shape index (κ1) is 31.6. The van der Waals surface area contributed by atoms with Crippen LogP contribution < -0.4 is 14.4 Å². The van der Waals surface area contributed by atoms with Crippen LogP contribution >= 0.6 is 34.7 Å². The standard InChI is InChI=1S/C33H32ClN3O5S2/c1-4-41-24-14-12-21(13-15-24)29(38)27-28(22-9-7-10-25(18-22)42-17-16-20(2)3)37(31(40)30(27)39)32-35-36-33(44-32)43-19-23-8-5-6-11-26(23)34/h5-15,18,20,28,38H,4,16-17,19H2,1-3H3. The first-order valence-corrected chi connectivity index (χ1v) is 16.4. The van der Waals surface area contributed by atoms with E-state index >= 15 is 0 Å². The van der Waals surface area contributed by atoms with Crippen molar-refractivity contribution in [3.8, 4) is 11.5 Å². The molecule has 1 fully saturated rings. The number of aromatic nitrogens is 2. The van der Waals surface area contributed by atoms with Crippen LogP contribution in [0.1, 0.15) is 49.9 Å². The summed E-state index contributed by atoms with van der Waals surface area (Å²) in [6, 6.07) is 20.6. The summed E-state index contributed by atoms with van der Waals surface area (Å²) in [5.74, 6) is 0.361. The number of aliphatic hydroxyl groups is 1. The second kappa shape index (κ2) is 14.3. The molecule has 1 aromatic heterocycles. The number of anilines is 1. The topological polar surface area (TPSA) is 102 Å². The number of hydrogen-bond acceptors (Lipinski definition) is 9. The lowest BCUT2D eigenvalue weighted by molar-refractivity contribution is -0.132. The highest BCUT2D eigenvalue weighted by atomic mass is 35.5. The van der Waals surface area contributed by atoms with E-state index in [0.29, 0.717) is 56.9 Å². The number of ketones is 1. The van der Waals surface area contributed by atoms with Gasteiger partial charge in [0, 0.05) is 16.3 Å². The van der Waals surface area contributed by atoms with Crippen molar-refractivity contribution in [2.45, 2.75) is 43.3 Å². The van der Waals surface area contributed by atoms with Crippen molar-refractivity contribution in [3.63, 3.8) is 0 Å². The van der Waals surface area contributed by atoms with Crippen LogP contribution in [-0.2, 0) is 15.3 Å². The van der Waals surface area contributed by atoms with Crippen molar-refractivity contribution >= 4 is 57.3 Å². The molecule has 0 saturated carbocycles. The van der Waals surface area contributed by atoms with E-state index in [1.54, 1.807) is 36.4 Å². The smallest absolute Gasteiger partial charge is 0.301 e. The van der Waals surface area contributed by atoms with Gasteiger partial charge in [0.1, 0.15) is 17.3 Å². The van der Waals surface area contributed by atoms with E-state index in [1.165, 1.54) is 28.0 Å². The number of benzene rings is 3. The Hall–Kier alpha value is -3.86. The SMILES string of the molecule is CCOc1ccc(C(O)=C2C(=O)C(=O)N(c3nnc(SCc4ccccc4Cl)s3)C2c2cccc(OCCC(C)C)c2)cc1. The Morgan fingerprint density at radius 2 is 1.80 bits per heavy atom. The molecule has 0 spiro atoms. The highest BCUT2D eigenvalue weighted by molar-refractivity contribution is 8.00. The Morgan fingerprint density at radius 1 is 1.02 bits per heavy atom. The number of Topliss-reactive ketones (excluding diaryl/α,β-unsaturated/α-hetero) is 1. The monoisotopic (exact) mass is 649 g/mol. The van der Waals surface area contributed by atoms with Gasteiger partial charge < -0.3 is 14.6 Å². The maximum Gasteiger partial charge on any atom is 0.301 e. The number of aliphatic hydroxyl groups excluding tert-OH is 1. The van der Waals surface area contributed by atoms with E-state index in [2.05, 4.69) is 24.0 Å². The number of carbonyl (C=O) groups is 2. The third kappa shape index (κ3) is 7.09. The van der Waals surface area contributed by atoms with Crippen LogP contribution in [0.2, 0.25) is 5.02 Å². The average molecular weight is 650 g/mol. The lowest BCUT2D eigenvalue weighted by Crippen LogP contribution is -2.29. The predicted octanol–water partition coefficient (Wildman–Crippen LogP) is 7.93. The molecule has 1 aliphatic heterocycles. The molecule has 0 aliphatic carbocycles. The van der Waals surface area contributed by atoms with Crippen molar-refractivity contribution in [3.05, 3.63) is 100 Å². The molecule has 1 N–H and O–H groups in total. The minimum atomic E-state index is -0.954. The number of hydrogen-bond donors (Lipinski definition) is 1. The van der Waals surface area contributed by atoms with Gasteiger partial charge in [-0.05, 0) is 72.9 Å². The molecule has 0 bridgehead atoms. The van der Waals surface area contributed by atoms with E-state index in [9.17, 15) is 14.7 Å². The second-order valence-electron chi connectivity index (χ2n) is 10.5. The second-order valence-corrected chi connectivity index (χ2v) is 13.0. The van der Waals surface area contributed by atoms with E-state index in [1.807, 2.05) is 43.3 Å². The van der Waals surface area contributed by atoms with Crippen LogP contribution in [0.25, 0.3) is 5.76 Å². The Balaban J connectivity index is 1.53. The Morgan fingerprint density at radius 3 is 2.52 bits per heavy atom. The Kier molecular flexibility index (Phi) is 10.2. The van der Waals surface area contributed by atoms with Crippen molar-refractivity contribution in [2.75, 3.05) is 18.1 Å². The molecule has 2 heterocycles. The molecule has 228 valence electrons. The zero-order valence-corrected chi connectivity index (χ0v) is 26.9. The summed E-state index contributed by atoms with van der Waals surface area (Å²) in [4.78, 5) is 28.6. The molecule has 3 aromatic carbocycles. The first-order valence-electron chi connectivity index (χ1n) is 14.2. The number of nitrogens with zero attached hydrogens (tertiary/aromatic N) is 3. The largest absolute Gasteiger partial charge is 0.507 e. The van der Waals surface area contributed by atoms with Gasteiger partial charge in [-0.15, -0.1) is 10.2 Å². The lowest BCUT2D eigenvalue weighted by atomic mass is 9.95. The van der Waals surface area contributed by atoms with Gasteiger partial charge in [-0.25, -0.2) is 0 Å². The van der Waals surface area contributed by atoms with Gasteiger partial charge in [0.25, 0.3) is 5.78 Å². The summed E-state index contributed by atoms with van der Waals surface area (Å²) < 4.78 is 12.1. The number of carbonyl (C=O) groups excluding carboxylic acids is 2. The maximum atomic E-state index is 13.6. The fraction of sp³-hybridized carbons (Fsp3) is 0.273. The van der Waals surface area contributed by atoms with Gasteiger partial charge >= 0.3 is 5.91 Å². The van der Waals surface area contributed by atoms with Crippen molar-refractivity contribution in [1.29, 1.82) is 0 Å². The lowest BCUT2D eigenvalue weighted by Gasteiger charge is -2.23. The summed E-state index contributed by atoms with van der Waals surface area (Å²) in [5, 5.41) is 21.0. The van der Waals surface area contributed by atoms with E-state index < -0.39 is 17.7 Å². The molecule has 1 aliphatic rings. The third-order valence-corrected chi connectivity index (χ3v) is 9.41. The molecule has 8 nitrogen and oxygen atoms in total. The molecule has 1 atom stereocenters. The minimum Gasteiger partial charge on any atom is -0.507 e. The average Bonchev–Trinajstić information content (AvgIpc) is 3.58. The van der Waals surface area contributed by atoms with Gasteiger partial charge in [-0.3, -0.25) is 14.5 Å². The van der Waals surface area contributed by atoms with Crippen molar-refractivity contribution in [1.82, 2.24) is 10.2 Å². The summed E-state index contributed by atoms with van der Waals surface area (Å²) in [6.07, 6.45) is 0.875. The highest BCUT2D eigenvalue weighted by Gasteiger charge is 2.48. The van der Waals surface area contributed by atoms with E-state index in [-0.39, 0.29) is 16.5 Å². The fourth-order valence-corrected chi connectivity index (χ4v) is 6.83. The number of amides is 1. The van der Waals surface area contributed by atoms with Crippen LogP contribution in [0.3, 0.4) is 0 Å². The Labute approximate surface area is 269 Å². The van der Waals surface area contributed by atoms with Gasteiger partial charge in [-0.2, -0.15) is 0 Å². The summed E-state index contributed by atoms with van der Waals surface area (Å²) in [6.45, 7) is 7.14. The molecule has 44 heavy (non-hydrogen) atoms. The summed E-state index contributed by atoms with van der Waals surface area (Å²) >= 11 is 8.95. The highest BCUT2D eigenvalue weighted by Crippen LogP contribution is 2.45. The van der Waals surface area contributed by atoms with Gasteiger partial charge in [0.2, 0.25) is 5.13 Å². The maximum absolute atomic E-state index is 13.6. The van der Waals surface area contributed by atoms with E-state index in [4.69, 9.17) is 21.1 Å². The van der Waals surface area contributed by atoms with Crippen LogP contribution in [-0.4, -0.2) is 40.2 Å². The zero-order chi connectivity index (χ0) is 31.2. The molecule has 11 heteroatoms. The first-order chi connectivity index (χ1) is 21.3. The molecule has 1 saturated heterocycles. The van der Waals surface area contributed by atoms with Gasteiger partial charge in [0.05, 0.1) is 24.8 Å². The van der Waals surface area contributed by atoms with E-state index in [0.717, 1.165) is 12.0 Å². The molecule has 1 unspecified atom stereocenters. The number of rotatable bonds is 12. The van der Waals surface area contributed by atoms with Crippen molar-refractivity contribution < 1.29 is 24.2 Å². The van der Waals surface area contributed by atoms with Gasteiger partial charge in [-0.1, -0.05) is 78.9 Å². The normalized spacial score (nSPS) is 16.1. The quantitative estimate of drug-likeness (QED) is 0.0543. The minimum absolute atomic E-state index is 0.0426. The van der Waals surface area contributed by atoms with Crippen LogP contribution in [0.4, 0.5) is 5.13 Å². The molecular weight excluding hydrogens is 618 g/mol. The van der Waals surface area contributed by atoms with Crippen molar-refractivity contribution in [2.24, 2.45) is 5.92 Å². The molecule has 1 amide bonds. The predicted molar refractivity (Wildman–Crippen MR) is 175 cm³/mol. The summed E-state index contributed by atoms with van der Waals surface area (Å²) in [7, 11) is 0. The Bertz CT molecular complexity index is 1670. The molecule has 4 aromatic rings. The van der Waals surface area contributed by atoms with Crippen LogP contribution in [0.15, 0.2) is 82.7 Å². The van der Waals surface area contributed by atoms with Gasteiger partial charge in [0.15, 0.2) is 4.34 Å². The number of ether oxygens (including phenoxy) is 2. The zero-order valence-electron chi connectivity index (χ0n) is 24.5. The summed E-state index contributed by atoms with van der Waals surface area (Å²) in [5.41, 5.74) is 1.88. The van der Waals surface area contributed by atoms with Crippen LogP contribution in [0, 0.1) is 5.92 Å². The van der Waals surface area contributed by atoms with Crippen LogP contribution in [0.5, 0.6) is 11.5 Å².